The van der Waals surface area contributed by atoms with Crippen LogP contribution in [0.15, 0.2) is 24.3 Å². The Labute approximate surface area is 105 Å². The Balaban J connectivity index is 1.90. The van der Waals surface area contributed by atoms with Gasteiger partial charge in [-0.3, -0.25) is 0 Å². The minimum absolute atomic E-state index is 0.507. The molecule has 1 aromatic carbocycles. The van der Waals surface area contributed by atoms with Crippen molar-refractivity contribution in [1.82, 2.24) is 5.32 Å². The lowest BCUT2D eigenvalue weighted by Gasteiger charge is -2.16. The van der Waals surface area contributed by atoms with Gasteiger partial charge in [0.2, 0.25) is 0 Å². The predicted molar refractivity (Wildman–Crippen MR) is 65.1 cm³/mol. The van der Waals surface area contributed by atoms with Gasteiger partial charge in [0.1, 0.15) is 0 Å². The van der Waals surface area contributed by atoms with Crippen LogP contribution in [0.4, 0.5) is 13.2 Å². The van der Waals surface area contributed by atoms with Crippen LogP contribution in [0, 0.1) is 5.92 Å². The highest BCUT2D eigenvalue weighted by atomic mass is 19.4. The van der Waals surface area contributed by atoms with Gasteiger partial charge in [0, 0.05) is 12.6 Å². The predicted octanol–water partition coefficient (Wildman–Crippen LogP) is 3.98. The SMILES string of the molecule is CCC(NCc1ccc(C(F)(F)F)cc1)C1CC1. The second-order valence-corrected chi connectivity index (χ2v) is 4.93. The lowest BCUT2D eigenvalue weighted by atomic mass is 10.1. The molecule has 1 aliphatic carbocycles. The summed E-state index contributed by atoms with van der Waals surface area (Å²) in [6.07, 6.45) is -0.617. The summed E-state index contributed by atoms with van der Waals surface area (Å²) in [6.45, 7) is 2.79. The van der Waals surface area contributed by atoms with Crippen molar-refractivity contribution in [2.45, 2.75) is 44.9 Å². The van der Waals surface area contributed by atoms with Gasteiger partial charge in [0.25, 0.3) is 0 Å². The molecule has 1 unspecified atom stereocenters. The molecule has 1 aliphatic rings. The largest absolute Gasteiger partial charge is 0.416 e. The molecule has 0 aromatic heterocycles. The molecule has 0 aliphatic heterocycles. The zero-order valence-corrected chi connectivity index (χ0v) is 10.4. The number of hydrogen-bond donors (Lipinski definition) is 1. The molecule has 4 heteroatoms. The first-order chi connectivity index (χ1) is 8.50. The van der Waals surface area contributed by atoms with E-state index in [4.69, 9.17) is 0 Å². The Hall–Kier alpha value is -1.03. The second-order valence-electron chi connectivity index (χ2n) is 4.93. The summed E-state index contributed by atoms with van der Waals surface area (Å²) in [6, 6.07) is 5.90. The van der Waals surface area contributed by atoms with Gasteiger partial charge in [0.15, 0.2) is 0 Å². The molecule has 2 rings (SSSR count). The fourth-order valence-electron chi connectivity index (χ4n) is 2.20. The summed E-state index contributed by atoms with van der Waals surface area (Å²) in [7, 11) is 0. The van der Waals surface area contributed by atoms with Gasteiger partial charge >= 0.3 is 6.18 Å². The van der Waals surface area contributed by atoms with E-state index in [1.165, 1.54) is 12.8 Å². The fraction of sp³-hybridized carbons (Fsp3) is 0.571. The Kier molecular flexibility index (Phi) is 3.95. The Morgan fingerprint density at radius 2 is 1.83 bits per heavy atom. The minimum atomic E-state index is -4.24. The average Bonchev–Trinajstić information content (AvgIpc) is 3.14. The first-order valence-electron chi connectivity index (χ1n) is 6.40. The molecule has 18 heavy (non-hydrogen) atoms. The highest BCUT2D eigenvalue weighted by Gasteiger charge is 2.30. The lowest BCUT2D eigenvalue weighted by molar-refractivity contribution is -0.137. The number of halogens is 3. The highest BCUT2D eigenvalue weighted by molar-refractivity contribution is 5.24. The van der Waals surface area contributed by atoms with Crippen molar-refractivity contribution in [3.8, 4) is 0 Å². The van der Waals surface area contributed by atoms with E-state index in [9.17, 15) is 13.2 Å². The van der Waals surface area contributed by atoms with Gasteiger partial charge in [0.05, 0.1) is 5.56 Å². The summed E-state index contributed by atoms with van der Waals surface area (Å²) in [4.78, 5) is 0. The van der Waals surface area contributed by atoms with Crippen molar-refractivity contribution in [1.29, 1.82) is 0 Å². The van der Waals surface area contributed by atoms with Crippen LogP contribution >= 0.6 is 0 Å². The molecule has 1 atom stereocenters. The fourth-order valence-corrected chi connectivity index (χ4v) is 2.20. The van der Waals surface area contributed by atoms with Gasteiger partial charge < -0.3 is 5.32 Å². The minimum Gasteiger partial charge on any atom is -0.310 e. The van der Waals surface area contributed by atoms with Crippen molar-refractivity contribution in [2.75, 3.05) is 0 Å². The van der Waals surface area contributed by atoms with Crippen LogP contribution in [-0.4, -0.2) is 6.04 Å². The Bertz CT molecular complexity index is 379. The highest BCUT2D eigenvalue weighted by Crippen LogP contribution is 2.34. The van der Waals surface area contributed by atoms with E-state index in [1.54, 1.807) is 12.1 Å². The number of rotatable bonds is 5. The van der Waals surface area contributed by atoms with Gasteiger partial charge in [-0.15, -0.1) is 0 Å². The maximum absolute atomic E-state index is 12.4. The molecule has 0 bridgehead atoms. The van der Waals surface area contributed by atoms with Crippen LogP contribution in [0.25, 0.3) is 0 Å². The van der Waals surface area contributed by atoms with Crippen molar-refractivity contribution < 1.29 is 13.2 Å². The lowest BCUT2D eigenvalue weighted by Crippen LogP contribution is -2.29. The van der Waals surface area contributed by atoms with E-state index < -0.39 is 11.7 Å². The van der Waals surface area contributed by atoms with E-state index >= 15 is 0 Å². The van der Waals surface area contributed by atoms with Crippen LogP contribution in [0.5, 0.6) is 0 Å². The van der Waals surface area contributed by atoms with Crippen molar-refractivity contribution in [2.24, 2.45) is 5.92 Å². The van der Waals surface area contributed by atoms with Crippen LogP contribution in [-0.2, 0) is 12.7 Å². The summed E-state index contributed by atoms with van der Waals surface area (Å²) in [5, 5.41) is 3.42. The number of nitrogens with one attached hydrogen (secondary N) is 1. The third-order valence-electron chi connectivity index (χ3n) is 3.48. The summed E-state index contributed by atoms with van der Waals surface area (Å²) in [5.41, 5.74) is 0.322. The molecule has 0 amide bonds. The van der Waals surface area contributed by atoms with Crippen LogP contribution < -0.4 is 5.32 Å². The number of alkyl halides is 3. The first-order valence-corrected chi connectivity index (χ1v) is 6.40. The number of benzene rings is 1. The molecule has 0 saturated heterocycles. The quantitative estimate of drug-likeness (QED) is 0.841. The van der Waals surface area contributed by atoms with Crippen molar-refractivity contribution >= 4 is 0 Å². The molecule has 0 heterocycles. The van der Waals surface area contributed by atoms with Gasteiger partial charge in [-0.05, 0) is 42.9 Å². The van der Waals surface area contributed by atoms with Gasteiger partial charge in [-0.25, -0.2) is 0 Å². The van der Waals surface area contributed by atoms with Gasteiger partial charge in [-0.2, -0.15) is 13.2 Å². The van der Waals surface area contributed by atoms with E-state index in [2.05, 4.69) is 12.2 Å². The third kappa shape index (κ3) is 3.48. The van der Waals surface area contributed by atoms with Crippen LogP contribution in [0.3, 0.4) is 0 Å². The van der Waals surface area contributed by atoms with E-state index in [-0.39, 0.29) is 0 Å². The molecule has 1 fully saturated rings. The normalized spacial score (nSPS) is 17.8. The number of hydrogen-bond acceptors (Lipinski definition) is 1. The topological polar surface area (TPSA) is 12.0 Å². The molecule has 1 N–H and O–H groups in total. The zero-order valence-electron chi connectivity index (χ0n) is 10.4. The molecule has 100 valence electrons. The van der Waals surface area contributed by atoms with Crippen molar-refractivity contribution in [3.63, 3.8) is 0 Å². The molecular weight excluding hydrogens is 239 g/mol. The third-order valence-corrected chi connectivity index (χ3v) is 3.48. The molecule has 1 saturated carbocycles. The van der Waals surface area contributed by atoms with E-state index in [0.29, 0.717) is 12.6 Å². The van der Waals surface area contributed by atoms with Crippen LogP contribution in [0.2, 0.25) is 0 Å². The molecular formula is C14H18F3N. The maximum Gasteiger partial charge on any atom is 0.416 e. The average molecular weight is 257 g/mol. The Morgan fingerprint density at radius 1 is 1.22 bits per heavy atom. The molecule has 1 nitrogen and oxygen atoms in total. The summed E-state index contributed by atoms with van der Waals surface area (Å²) >= 11 is 0. The first kappa shape index (κ1) is 13.4. The van der Waals surface area contributed by atoms with Crippen molar-refractivity contribution in [3.05, 3.63) is 35.4 Å². The van der Waals surface area contributed by atoms with Gasteiger partial charge in [-0.1, -0.05) is 19.1 Å². The molecule has 0 radical (unpaired) electrons. The smallest absolute Gasteiger partial charge is 0.310 e. The molecule has 1 aromatic rings. The monoisotopic (exact) mass is 257 g/mol. The maximum atomic E-state index is 12.4. The van der Waals surface area contributed by atoms with Crippen LogP contribution in [0.1, 0.15) is 37.3 Å². The summed E-state index contributed by atoms with van der Waals surface area (Å²) < 4.78 is 37.2. The van der Waals surface area contributed by atoms with E-state index in [0.717, 1.165) is 30.0 Å². The summed E-state index contributed by atoms with van der Waals surface area (Å²) in [5.74, 6) is 0.768. The zero-order chi connectivity index (χ0) is 13.2. The standard InChI is InChI=1S/C14H18F3N/c1-2-13(11-5-6-11)18-9-10-3-7-12(8-4-10)14(15,16)17/h3-4,7-8,11,13,18H,2,5-6,9H2,1H3. The molecule has 0 spiro atoms. The van der Waals surface area contributed by atoms with E-state index in [1.807, 2.05) is 0 Å². The Morgan fingerprint density at radius 3 is 2.28 bits per heavy atom. The second kappa shape index (κ2) is 5.31.